The molecule has 2 amide bonds. The van der Waals surface area contributed by atoms with Crippen LogP contribution < -0.4 is 5.32 Å². The Kier molecular flexibility index (Phi) is 7.76. The summed E-state index contributed by atoms with van der Waals surface area (Å²) in [5, 5.41) is 3.29. The molecule has 3 aliphatic rings. The highest BCUT2D eigenvalue weighted by molar-refractivity contribution is 5.80. The number of fused-ring (bicyclic) bond motifs is 1. The normalized spacial score (nSPS) is 22.6. The van der Waals surface area contributed by atoms with Crippen molar-refractivity contribution in [2.24, 2.45) is 5.92 Å². The monoisotopic (exact) mass is 487 g/mol. The predicted octanol–water partition coefficient (Wildman–Crippen LogP) is 5.21. The minimum atomic E-state index is -0.288. The SMILES string of the molecule is CC(=O)NC1(c2ccccc2)CCN(CCC2c3ccccc3CCN2C(=O)C2CCCCC2)CC1. The van der Waals surface area contributed by atoms with Crippen LogP contribution >= 0.6 is 0 Å². The molecule has 2 aromatic rings. The van der Waals surface area contributed by atoms with Crippen molar-refractivity contribution in [2.45, 2.75) is 76.3 Å². The lowest BCUT2D eigenvalue weighted by Gasteiger charge is -2.44. The number of carbonyl (C=O) groups excluding carboxylic acids is 2. The first kappa shape index (κ1) is 25.0. The Morgan fingerprint density at radius 2 is 1.61 bits per heavy atom. The second-order valence-electron chi connectivity index (χ2n) is 11.1. The largest absolute Gasteiger partial charge is 0.347 e. The smallest absolute Gasteiger partial charge is 0.226 e. The molecule has 2 aromatic carbocycles. The van der Waals surface area contributed by atoms with Crippen molar-refractivity contribution in [1.29, 1.82) is 0 Å². The van der Waals surface area contributed by atoms with Crippen molar-refractivity contribution in [1.82, 2.24) is 15.1 Å². The molecule has 0 bridgehead atoms. The van der Waals surface area contributed by atoms with Gasteiger partial charge in [0.05, 0.1) is 11.6 Å². The molecule has 0 spiro atoms. The van der Waals surface area contributed by atoms with E-state index < -0.39 is 0 Å². The third-order valence-electron chi connectivity index (χ3n) is 8.82. The second kappa shape index (κ2) is 11.2. The molecule has 0 aromatic heterocycles. The number of likely N-dealkylation sites (tertiary alicyclic amines) is 1. The molecule has 36 heavy (non-hydrogen) atoms. The van der Waals surface area contributed by atoms with Crippen LogP contribution in [-0.2, 0) is 21.5 Å². The standard InChI is InChI=1S/C31H41N3O2/c1-24(35)32-31(27-13-6-3-7-14-27)18-22-33(23-19-31)20-17-29-28-15-9-8-10-25(28)16-21-34(29)30(36)26-11-4-2-5-12-26/h3,6-10,13-15,26,29H,2,4-5,11-12,16-23H2,1H3,(H,32,35). The highest BCUT2D eigenvalue weighted by atomic mass is 16.2. The zero-order valence-corrected chi connectivity index (χ0v) is 21.8. The summed E-state index contributed by atoms with van der Waals surface area (Å²) >= 11 is 0. The van der Waals surface area contributed by atoms with E-state index in [-0.39, 0.29) is 23.4 Å². The van der Waals surface area contributed by atoms with Gasteiger partial charge >= 0.3 is 0 Å². The molecule has 1 N–H and O–H groups in total. The number of hydrogen-bond acceptors (Lipinski definition) is 3. The van der Waals surface area contributed by atoms with E-state index in [4.69, 9.17) is 0 Å². The van der Waals surface area contributed by atoms with Gasteiger partial charge in [-0.3, -0.25) is 9.59 Å². The number of rotatable bonds is 6. The number of nitrogens with one attached hydrogen (secondary N) is 1. The lowest BCUT2D eigenvalue weighted by Crippen LogP contribution is -2.53. The van der Waals surface area contributed by atoms with E-state index in [1.54, 1.807) is 6.92 Å². The molecule has 1 saturated carbocycles. The maximum atomic E-state index is 13.6. The number of carbonyl (C=O) groups is 2. The average Bonchev–Trinajstić information content (AvgIpc) is 2.92. The summed E-state index contributed by atoms with van der Waals surface area (Å²) in [7, 11) is 0. The molecule has 5 nitrogen and oxygen atoms in total. The summed E-state index contributed by atoms with van der Waals surface area (Å²) < 4.78 is 0. The van der Waals surface area contributed by atoms with Gasteiger partial charge in [0.2, 0.25) is 11.8 Å². The molecule has 2 fully saturated rings. The summed E-state index contributed by atoms with van der Waals surface area (Å²) in [5.74, 6) is 0.634. The molecule has 2 heterocycles. The zero-order chi connectivity index (χ0) is 25.0. The van der Waals surface area contributed by atoms with Crippen molar-refractivity contribution in [3.8, 4) is 0 Å². The number of nitrogens with zero attached hydrogens (tertiary/aromatic N) is 2. The predicted molar refractivity (Wildman–Crippen MR) is 143 cm³/mol. The van der Waals surface area contributed by atoms with Gasteiger partial charge in [-0.1, -0.05) is 73.9 Å². The molecule has 5 rings (SSSR count). The van der Waals surface area contributed by atoms with Crippen LogP contribution in [0.25, 0.3) is 0 Å². The molecular weight excluding hydrogens is 446 g/mol. The fourth-order valence-electron chi connectivity index (χ4n) is 6.85. The Labute approximate surface area is 216 Å². The van der Waals surface area contributed by atoms with E-state index in [0.29, 0.717) is 5.91 Å². The van der Waals surface area contributed by atoms with E-state index in [1.807, 2.05) is 6.07 Å². The summed E-state index contributed by atoms with van der Waals surface area (Å²) in [6.07, 6.45) is 9.51. The van der Waals surface area contributed by atoms with Crippen LogP contribution in [-0.4, -0.2) is 47.8 Å². The van der Waals surface area contributed by atoms with Gasteiger partial charge in [0.1, 0.15) is 0 Å². The van der Waals surface area contributed by atoms with E-state index in [0.717, 1.165) is 64.7 Å². The van der Waals surface area contributed by atoms with E-state index >= 15 is 0 Å². The van der Waals surface area contributed by atoms with Gasteiger partial charge in [0.25, 0.3) is 0 Å². The molecule has 2 aliphatic heterocycles. The summed E-state index contributed by atoms with van der Waals surface area (Å²) in [6, 6.07) is 19.3. The van der Waals surface area contributed by atoms with Crippen LogP contribution in [0.5, 0.6) is 0 Å². The van der Waals surface area contributed by atoms with Crippen LogP contribution in [0.1, 0.15) is 81.0 Å². The fourth-order valence-corrected chi connectivity index (χ4v) is 6.85. The molecule has 192 valence electrons. The maximum Gasteiger partial charge on any atom is 0.226 e. The van der Waals surface area contributed by atoms with Gasteiger partial charge in [0.15, 0.2) is 0 Å². The topological polar surface area (TPSA) is 52.7 Å². The minimum Gasteiger partial charge on any atom is -0.347 e. The quantitative estimate of drug-likeness (QED) is 0.609. The summed E-state index contributed by atoms with van der Waals surface area (Å²) in [5.41, 5.74) is 3.67. The van der Waals surface area contributed by atoms with E-state index in [9.17, 15) is 9.59 Å². The molecule has 1 saturated heterocycles. The Morgan fingerprint density at radius 1 is 0.917 bits per heavy atom. The number of benzene rings is 2. The summed E-state index contributed by atoms with van der Waals surface area (Å²) in [6.45, 7) is 5.32. The Morgan fingerprint density at radius 3 is 2.33 bits per heavy atom. The lowest BCUT2D eigenvalue weighted by atomic mass is 9.80. The number of amides is 2. The first-order chi connectivity index (χ1) is 17.6. The molecule has 0 radical (unpaired) electrons. The van der Waals surface area contributed by atoms with Crippen molar-refractivity contribution in [2.75, 3.05) is 26.2 Å². The zero-order valence-electron chi connectivity index (χ0n) is 21.8. The van der Waals surface area contributed by atoms with Crippen LogP contribution in [0.4, 0.5) is 0 Å². The third kappa shape index (κ3) is 5.36. The summed E-state index contributed by atoms with van der Waals surface area (Å²) in [4.78, 5) is 30.5. The minimum absolute atomic E-state index is 0.0305. The molecule has 5 heteroatoms. The second-order valence-corrected chi connectivity index (χ2v) is 11.1. The van der Waals surface area contributed by atoms with Crippen molar-refractivity contribution < 1.29 is 9.59 Å². The Bertz CT molecular complexity index is 1040. The van der Waals surface area contributed by atoms with Crippen LogP contribution in [0.2, 0.25) is 0 Å². The van der Waals surface area contributed by atoms with Gasteiger partial charge in [-0.05, 0) is 55.2 Å². The van der Waals surface area contributed by atoms with E-state index in [1.165, 1.54) is 36.0 Å². The Balaban J connectivity index is 1.28. The average molecular weight is 488 g/mol. The maximum absolute atomic E-state index is 13.6. The third-order valence-corrected chi connectivity index (χ3v) is 8.82. The van der Waals surface area contributed by atoms with Gasteiger partial charge in [0, 0.05) is 39.0 Å². The van der Waals surface area contributed by atoms with Gasteiger partial charge in [-0.2, -0.15) is 0 Å². The number of piperidine rings is 1. The first-order valence-corrected chi connectivity index (χ1v) is 14.0. The van der Waals surface area contributed by atoms with Gasteiger partial charge in [-0.15, -0.1) is 0 Å². The highest BCUT2D eigenvalue weighted by Crippen LogP contribution is 2.37. The lowest BCUT2D eigenvalue weighted by molar-refractivity contribution is -0.140. The van der Waals surface area contributed by atoms with Crippen LogP contribution in [0.3, 0.4) is 0 Å². The Hall–Kier alpha value is -2.66. The first-order valence-electron chi connectivity index (χ1n) is 14.0. The molecule has 1 aliphatic carbocycles. The molecular formula is C31H41N3O2. The highest BCUT2D eigenvalue weighted by Gasteiger charge is 2.38. The van der Waals surface area contributed by atoms with Crippen molar-refractivity contribution >= 4 is 11.8 Å². The van der Waals surface area contributed by atoms with Crippen molar-refractivity contribution in [3.05, 3.63) is 71.3 Å². The molecule has 1 atom stereocenters. The van der Waals surface area contributed by atoms with Gasteiger partial charge in [-0.25, -0.2) is 0 Å². The van der Waals surface area contributed by atoms with Crippen molar-refractivity contribution in [3.63, 3.8) is 0 Å². The molecule has 1 unspecified atom stereocenters. The van der Waals surface area contributed by atoms with Crippen LogP contribution in [0.15, 0.2) is 54.6 Å². The fraction of sp³-hybridized carbons (Fsp3) is 0.548. The van der Waals surface area contributed by atoms with Crippen LogP contribution in [0, 0.1) is 5.92 Å². The van der Waals surface area contributed by atoms with E-state index in [2.05, 4.69) is 63.6 Å². The van der Waals surface area contributed by atoms with Gasteiger partial charge < -0.3 is 15.1 Å². The number of hydrogen-bond donors (Lipinski definition) is 1.